The van der Waals surface area contributed by atoms with Crippen LogP contribution in [0.3, 0.4) is 0 Å². The monoisotopic (exact) mass is 227 g/mol. The Kier molecular flexibility index (Phi) is 4.07. The van der Waals surface area contributed by atoms with Crippen LogP contribution in [0.5, 0.6) is 0 Å². The van der Waals surface area contributed by atoms with Gasteiger partial charge < -0.3 is 5.11 Å². The molecule has 0 fully saturated rings. The minimum atomic E-state index is -0.992. The Hall–Kier alpha value is -1.11. The SMILES string of the molecule is CCC(C#N)C(O)c1cc(F)cc(Cl)c1. The average molecular weight is 228 g/mol. The highest BCUT2D eigenvalue weighted by Gasteiger charge is 2.19. The molecule has 0 saturated carbocycles. The number of nitriles is 1. The van der Waals surface area contributed by atoms with Crippen molar-refractivity contribution in [3.63, 3.8) is 0 Å². The molecule has 1 aromatic rings. The van der Waals surface area contributed by atoms with Crippen LogP contribution in [-0.2, 0) is 0 Å². The zero-order valence-electron chi connectivity index (χ0n) is 8.24. The first-order valence-electron chi connectivity index (χ1n) is 4.62. The van der Waals surface area contributed by atoms with Crippen molar-refractivity contribution in [2.45, 2.75) is 19.4 Å². The maximum atomic E-state index is 13.0. The third-order valence-corrected chi connectivity index (χ3v) is 2.43. The summed E-state index contributed by atoms with van der Waals surface area (Å²) >= 11 is 5.65. The fraction of sp³-hybridized carbons (Fsp3) is 0.364. The van der Waals surface area contributed by atoms with Gasteiger partial charge >= 0.3 is 0 Å². The first-order chi connectivity index (χ1) is 7.08. The fourth-order valence-corrected chi connectivity index (χ4v) is 1.59. The number of benzene rings is 1. The zero-order chi connectivity index (χ0) is 11.4. The lowest BCUT2D eigenvalue weighted by Crippen LogP contribution is -2.10. The van der Waals surface area contributed by atoms with Crippen molar-refractivity contribution in [3.8, 4) is 6.07 Å². The van der Waals surface area contributed by atoms with Crippen LogP contribution in [0.25, 0.3) is 0 Å². The molecule has 1 rings (SSSR count). The summed E-state index contributed by atoms with van der Waals surface area (Å²) in [6, 6.07) is 5.79. The first-order valence-corrected chi connectivity index (χ1v) is 5.00. The lowest BCUT2D eigenvalue weighted by molar-refractivity contribution is 0.132. The van der Waals surface area contributed by atoms with E-state index in [2.05, 4.69) is 0 Å². The maximum Gasteiger partial charge on any atom is 0.125 e. The van der Waals surface area contributed by atoms with Crippen molar-refractivity contribution in [2.24, 2.45) is 5.92 Å². The summed E-state index contributed by atoms with van der Waals surface area (Å²) in [7, 11) is 0. The Bertz CT molecular complexity index is 368. The molecule has 0 radical (unpaired) electrons. The molecule has 4 heteroatoms. The molecular formula is C11H11ClFNO. The summed E-state index contributed by atoms with van der Waals surface area (Å²) in [5.41, 5.74) is 0.341. The Morgan fingerprint density at radius 2 is 2.20 bits per heavy atom. The molecule has 15 heavy (non-hydrogen) atoms. The van der Waals surface area contributed by atoms with E-state index < -0.39 is 17.8 Å². The molecule has 0 aliphatic carbocycles. The molecule has 0 aliphatic heterocycles. The van der Waals surface area contributed by atoms with Gasteiger partial charge in [-0.05, 0) is 30.2 Å². The maximum absolute atomic E-state index is 13.0. The van der Waals surface area contributed by atoms with E-state index >= 15 is 0 Å². The minimum Gasteiger partial charge on any atom is -0.387 e. The van der Waals surface area contributed by atoms with Gasteiger partial charge in [0.05, 0.1) is 18.1 Å². The van der Waals surface area contributed by atoms with Gasteiger partial charge in [-0.2, -0.15) is 5.26 Å². The summed E-state index contributed by atoms with van der Waals surface area (Å²) in [5, 5.41) is 18.8. The number of hydrogen-bond acceptors (Lipinski definition) is 2. The lowest BCUT2D eigenvalue weighted by Gasteiger charge is -2.15. The second kappa shape index (κ2) is 5.11. The van der Waals surface area contributed by atoms with Gasteiger partial charge in [0.1, 0.15) is 5.82 Å². The molecule has 0 aliphatic rings. The van der Waals surface area contributed by atoms with Gasteiger partial charge in [-0.3, -0.25) is 0 Å². The minimum absolute atomic E-state index is 0.219. The lowest BCUT2D eigenvalue weighted by atomic mass is 9.95. The molecule has 2 nitrogen and oxygen atoms in total. The van der Waals surface area contributed by atoms with Crippen molar-refractivity contribution in [3.05, 3.63) is 34.6 Å². The van der Waals surface area contributed by atoms with Gasteiger partial charge in [0.25, 0.3) is 0 Å². The normalized spacial score (nSPS) is 14.3. The van der Waals surface area contributed by atoms with E-state index in [9.17, 15) is 9.50 Å². The van der Waals surface area contributed by atoms with Crippen molar-refractivity contribution >= 4 is 11.6 Å². The summed E-state index contributed by atoms with van der Waals surface area (Å²) in [5.74, 6) is -1.05. The molecular weight excluding hydrogens is 217 g/mol. The van der Waals surface area contributed by atoms with Crippen LogP contribution < -0.4 is 0 Å². The number of hydrogen-bond donors (Lipinski definition) is 1. The highest BCUT2D eigenvalue weighted by Crippen LogP contribution is 2.26. The third kappa shape index (κ3) is 2.92. The fourth-order valence-electron chi connectivity index (χ4n) is 1.36. The van der Waals surface area contributed by atoms with Crippen LogP contribution in [0.15, 0.2) is 18.2 Å². The number of aliphatic hydroxyl groups is 1. The van der Waals surface area contributed by atoms with Crippen LogP contribution in [0, 0.1) is 23.1 Å². The van der Waals surface area contributed by atoms with E-state index in [1.54, 1.807) is 6.92 Å². The van der Waals surface area contributed by atoms with Gasteiger partial charge in [-0.25, -0.2) is 4.39 Å². The molecule has 1 aromatic carbocycles. The van der Waals surface area contributed by atoms with Gasteiger partial charge in [0.15, 0.2) is 0 Å². The van der Waals surface area contributed by atoms with E-state index in [0.29, 0.717) is 12.0 Å². The molecule has 2 atom stereocenters. The molecule has 2 unspecified atom stereocenters. The smallest absolute Gasteiger partial charge is 0.125 e. The number of nitrogens with zero attached hydrogens (tertiary/aromatic N) is 1. The highest BCUT2D eigenvalue weighted by molar-refractivity contribution is 6.30. The second-order valence-electron chi connectivity index (χ2n) is 3.29. The van der Waals surface area contributed by atoms with Crippen LogP contribution in [0.4, 0.5) is 4.39 Å². The third-order valence-electron chi connectivity index (χ3n) is 2.21. The number of halogens is 2. The molecule has 80 valence electrons. The molecule has 0 amide bonds. The molecule has 0 bridgehead atoms. The van der Waals surface area contributed by atoms with E-state index in [1.165, 1.54) is 12.1 Å². The summed E-state index contributed by atoms with van der Waals surface area (Å²) in [6.45, 7) is 1.79. The Morgan fingerprint density at radius 1 is 1.53 bits per heavy atom. The number of rotatable bonds is 3. The van der Waals surface area contributed by atoms with E-state index in [-0.39, 0.29) is 5.02 Å². The molecule has 0 saturated heterocycles. The van der Waals surface area contributed by atoms with Crippen molar-refractivity contribution in [1.82, 2.24) is 0 Å². The Balaban J connectivity index is 3.00. The topological polar surface area (TPSA) is 44.0 Å². The summed E-state index contributed by atoms with van der Waals surface area (Å²) < 4.78 is 13.0. The quantitative estimate of drug-likeness (QED) is 0.863. The molecule has 1 N–H and O–H groups in total. The largest absolute Gasteiger partial charge is 0.387 e. The van der Waals surface area contributed by atoms with E-state index in [1.807, 2.05) is 6.07 Å². The Morgan fingerprint density at radius 3 is 2.67 bits per heavy atom. The average Bonchev–Trinajstić information content (AvgIpc) is 2.18. The van der Waals surface area contributed by atoms with E-state index in [0.717, 1.165) is 6.07 Å². The Labute approximate surface area is 92.9 Å². The van der Waals surface area contributed by atoms with Gasteiger partial charge in [-0.15, -0.1) is 0 Å². The zero-order valence-corrected chi connectivity index (χ0v) is 9.00. The second-order valence-corrected chi connectivity index (χ2v) is 3.73. The van der Waals surface area contributed by atoms with Crippen LogP contribution in [0.1, 0.15) is 25.0 Å². The molecule has 0 spiro atoms. The van der Waals surface area contributed by atoms with Crippen LogP contribution in [-0.4, -0.2) is 5.11 Å². The van der Waals surface area contributed by atoms with Gasteiger partial charge in [-0.1, -0.05) is 18.5 Å². The summed E-state index contributed by atoms with van der Waals surface area (Å²) in [6.07, 6.45) is -0.487. The summed E-state index contributed by atoms with van der Waals surface area (Å²) in [4.78, 5) is 0. The standard InChI is InChI=1S/C11H11ClFNO/c1-2-7(6-14)11(15)8-3-9(12)5-10(13)4-8/h3-5,7,11,15H,2H2,1H3. The predicted octanol–water partition coefficient (Wildman–Crippen LogP) is 3.06. The highest BCUT2D eigenvalue weighted by atomic mass is 35.5. The van der Waals surface area contributed by atoms with Crippen molar-refractivity contribution < 1.29 is 9.50 Å². The predicted molar refractivity (Wildman–Crippen MR) is 55.8 cm³/mol. The van der Waals surface area contributed by atoms with Crippen LogP contribution in [0.2, 0.25) is 5.02 Å². The number of aliphatic hydroxyl groups excluding tert-OH is 1. The molecule has 0 aromatic heterocycles. The van der Waals surface area contributed by atoms with Crippen LogP contribution >= 0.6 is 11.6 Å². The van der Waals surface area contributed by atoms with E-state index in [4.69, 9.17) is 16.9 Å². The van der Waals surface area contributed by atoms with Crippen molar-refractivity contribution in [1.29, 1.82) is 5.26 Å². The van der Waals surface area contributed by atoms with Gasteiger partial charge in [0.2, 0.25) is 0 Å². The van der Waals surface area contributed by atoms with Gasteiger partial charge in [0, 0.05) is 5.02 Å². The van der Waals surface area contributed by atoms with Crippen molar-refractivity contribution in [2.75, 3.05) is 0 Å². The molecule has 0 heterocycles. The first kappa shape index (κ1) is 12.0.